The smallest absolute Gasteiger partial charge is 0.416 e. The molecule has 3 aromatic rings. The van der Waals surface area contributed by atoms with Crippen LogP contribution in [0.2, 0.25) is 0 Å². The van der Waals surface area contributed by atoms with E-state index in [-0.39, 0.29) is 21.7 Å². The SMILES string of the molecule is CNS(=O)(=O)c1cccc(C(=O)OCC(=O)c2cc(C)n(-c3cccc(C(F)(F)F)c3)c2C)c1. The molecule has 0 spiro atoms. The molecular weight excluding hydrogens is 473 g/mol. The van der Waals surface area contributed by atoms with Gasteiger partial charge in [-0.1, -0.05) is 12.1 Å². The Kier molecular flexibility index (Phi) is 6.99. The summed E-state index contributed by atoms with van der Waals surface area (Å²) in [6, 6.07) is 11.4. The van der Waals surface area contributed by atoms with E-state index in [0.717, 1.165) is 18.2 Å². The zero-order valence-corrected chi connectivity index (χ0v) is 19.3. The van der Waals surface area contributed by atoms with Gasteiger partial charge in [-0.2, -0.15) is 13.2 Å². The number of hydrogen-bond acceptors (Lipinski definition) is 5. The summed E-state index contributed by atoms with van der Waals surface area (Å²) < 4.78 is 71.8. The minimum atomic E-state index is -4.51. The fraction of sp³-hybridized carbons (Fsp3) is 0.217. The molecule has 7 nitrogen and oxygen atoms in total. The zero-order valence-electron chi connectivity index (χ0n) is 18.4. The average Bonchev–Trinajstić information content (AvgIpc) is 3.10. The Morgan fingerprint density at radius 3 is 2.35 bits per heavy atom. The third-order valence-electron chi connectivity index (χ3n) is 5.15. The van der Waals surface area contributed by atoms with E-state index in [0.29, 0.717) is 11.4 Å². The lowest BCUT2D eigenvalue weighted by molar-refractivity contribution is -0.137. The molecule has 0 saturated carbocycles. The van der Waals surface area contributed by atoms with Crippen LogP contribution in [0.15, 0.2) is 59.5 Å². The summed E-state index contributed by atoms with van der Waals surface area (Å²) in [5, 5.41) is 0. The first-order chi connectivity index (χ1) is 15.8. The van der Waals surface area contributed by atoms with Gasteiger partial charge >= 0.3 is 12.1 Å². The highest BCUT2D eigenvalue weighted by Crippen LogP contribution is 2.31. The summed E-state index contributed by atoms with van der Waals surface area (Å²) in [7, 11) is -2.54. The first-order valence-corrected chi connectivity index (χ1v) is 11.4. The number of hydrogen-bond donors (Lipinski definition) is 1. The van der Waals surface area contributed by atoms with Crippen molar-refractivity contribution in [3.8, 4) is 5.69 Å². The molecule has 180 valence electrons. The van der Waals surface area contributed by atoms with Gasteiger partial charge in [0.25, 0.3) is 0 Å². The van der Waals surface area contributed by atoms with Crippen LogP contribution in [0, 0.1) is 13.8 Å². The van der Waals surface area contributed by atoms with E-state index < -0.39 is 40.1 Å². The summed E-state index contributed by atoms with van der Waals surface area (Å²) in [5.41, 5.74) is 0.467. The highest BCUT2D eigenvalue weighted by molar-refractivity contribution is 7.89. The topological polar surface area (TPSA) is 94.5 Å². The summed E-state index contributed by atoms with van der Waals surface area (Å²) in [6.07, 6.45) is -4.51. The maximum atomic E-state index is 13.1. The van der Waals surface area contributed by atoms with E-state index in [9.17, 15) is 31.2 Å². The molecule has 1 aromatic heterocycles. The molecule has 0 radical (unpaired) electrons. The number of Topliss-reactive ketones (excluding diaryl/α,β-unsaturated/α-hetero) is 1. The van der Waals surface area contributed by atoms with E-state index in [1.165, 1.54) is 48.0 Å². The number of alkyl halides is 3. The van der Waals surface area contributed by atoms with Crippen molar-refractivity contribution in [1.29, 1.82) is 0 Å². The van der Waals surface area contributed by atoms with Gasteiger partial charge in [0.15, 0.2) is 6.61 Å². The average molecular weight is 494 g/mol. The Balaban J connectivity index is 1.80. The van der Waals surface area contributed by atoms with Crippen molar-refractivity contribution < 1.29 is 35.9 Å². The molecule has 34 heavy (non-hydrogen) atoms. The maximum absolute atomic E-state index is 13.1. The molecule has 2 aromatic carbocycles. The predicted molar refractivity (Wildman–Crippen MR) is 118 cm³/mol. The van der Waals surface area contributed by atoms with Crippen molar-refractivity contribution in [2.45, 2.75) is 24.9 Å². The fourth-order valence-corrected chi connectivity index (χ4v) is 4.24. The Labute approximate surface area is 194 Å². The second-order valence-corrected chi connectivity index (χ2v) is 9.29. The second kappa shape index (κ2) is 9.43. The number of aromatic nitrogens is 1. The fourth-order valence-electron chi connectivity index (χ4n) is 3.46. The lowest BCUT2D eigenvalue weighted by atomic mass is 10.1. The molecule has 0 aliphatic rings. The van der Waals surface area contributed by atoms with Crippen molar-refractivity contribution in [2.24, 2.45) is 0 Å². The van der Waals surface area contributed by atoms with Crippen LogP contribution in [0.1, 0.15) is 37.7 Å². The number of nitrogens with zero attached hydrogens (tertiary/aromatic N) is 1. The van der Waals surface area contributed by atoms with Gasteiger partial charge in [0.05, 0.1) is 16.0 Å². The van der Waals surface area contributed by atoms with Gasteiger partial charge in [0.1, 0.15) is 0 Å². The van der Waals surface area contributed by atoms with Crippen molar-refractivity contribution in [2.75, 3.05) is 13.7 Å². The van der Waals surface area contributed by atoms with E-state index in [1.54, 1.807) is 13.8 Å². The number of carbonyl (C=O) groups excluding carboxylic acids is 2. The van der Waals surface area contributed by atoms with Gasteiger partial charge in [-0.3, -0.25) is 4.79 Å². The number of esters is 1. The number of ketones is 1. The van der Waals surface area contributed by atoms with Gasteiger partial charge in [0.2, 0.25) is 15.8 Å². The summed E-state index contributed by atoms with van der Waals surface area (Å²) >= 11 is 0. The molecule has 0 saturated heterocycles. The molecular formula is C23H21F3N2O5S. The maximum Gasteiger partial charge on any atom is 0.416 e. The molecule has 1 N–H and O–H groups in total. The van der Waals surface area contributed by atoms with E-state index in [1.807, 2.05) is 0 Å². The molecule has 0 aliphatic carbocycles. The molecule has 0 bridgehead atoms. The number of halogens is 3. The van der Waals surface area contributed by atoms with E-state index in [2.05, 4.69) is 4.72 Å². The number of nitrogens with one attached hydrogen (secondary N) is 1. The summed E-state index contributed by atoms with van der Waals surface area (Å²) in [6.45, 7) is 2.59. The molecule has 0 fully saturated rings. The van der Waals surface area contributed by atoms with Crippen LogP contribution in [-0.2, 0) is 20.9 Å². The number of ether oxygens (including phenoxy) is 1. The molecule has 3 rings (SSSR count). The van der Waals surface area contributed by atoms with Gasteiger partial charge in [-0.05, 0) is 63.4 Å². The Morgan fingerprint density at radius 2 is 1.71 bits per heavy atom. The minimum absolute atomic E-state index is 0.0569. The van der Waals surface area contributed by atoms with Crippen molar-refractivity contribution in [1.82, 2.24) is 9.29 Å². The first kappa shape index (κ1) is 25.2. The van der Waals surface area contributed by atoms with Crippen molar-refractivity contribution in [3.63, 3.8) is 0 Å². The largest absolute Gasteiger partial charge is 0.454 e. The zero-order chi connectivity index (χ0) is 25.3. The second-order valence-electron chi connectivity index (χ2n) is 7.40. The minimum Gasteiger partial charge on any atom is -0.454 e. The highest BCUT2D eigenvalue weighted by Gasteiger charge is 2.31. The number of aryl methyl sites for hydroxylation is 1. The van der Waals surface area contributed by atoms with Gasteiger partial charge in [-0.15, -0.1) is 0 Å². The van der Waals surface area contributed by atoms with E-state index >= 15 is 0 Å². The third-order valence-corrected chi connectivity index (χ3v) is 6.56. The Bertz CT molecular complexity index is 1360. The number of rotatable bonds is 7. The summed E-state index contributed by atoms with van der Waals surface area (Å²) in [5.74, 6) is -1.45. The lowest BCUT2D eigenvalue weighted by Crippen LogP contribution is -2.19. The standard InChI is InChI=1S/C23H21F3N2O5S/c1-14-10-20(15(2)28(14)18-8-5-7-17(12-18)23(24,25)26)21(29)13-33-22(30)16-6-4-9-19(11-16)34(31,32)27-3/h4-12,27H,13H2,1-3H3. The molecule has 0 atom stereocenters. The van der Waals surface area contributed by atoms with Crippen LogP contribution in [0.5, 0.6) is 0 Å². The lowest BCUT2D eigenvalue weighted by Gasteiger charge is -2.13. The first-order valence-electron chi connectivity index (χ1n) is 9.95. The van der Waals surface area contributed by atoms with E-state index in [4.69, 9.17) is 4.74 Å². The number of benzene rings is 2. The quantitative estimate of drug-likeness (QED) is 0.395. The molecule has 11 heteroatoms. The normalized spacial score (nSPS) is 11.9. The molecule has 0 amide bonds. The van der Waals surface area contributed by atoms with Crippen LogP contribution in [0.4, 0.5) is 13.2 Å². The van der Waals surface area contributed by atoms with Crippen LogP contribution >= 0.6 is 0 Å². The summed E-state index contributed by atoms with van der Waals surface area (Å²) in [4.78, 5) is 24.9. The molecule has 1 heterocycles. The molecule has 0 unspecified atom stereocenters. The van der Waals surface area contributed by atoms with Crippen molar-refractivity contribution >= 4 is 21.8 Å². The van der Waals surface area contributed by atoms with Gasteiger partial charge in [-0.25, -0.2) is 17.9 Å². The van der Waals surface area contributed by atoms with Gasteiger partial charge < -0.3 is 9.30 Å². The number of carbonyl (C=O) groups is 2. The number of sulfonamides is 1. The van der Waals surface area contributed by atoms with Gasteiger partial charge in [0, 0.05) is 22.6 Å². The Morgan fingerprint density at radius 1 is 1.03 bits per heavy atom. The van der Waals surface area contributed by atoms with Crippen molar-refractivity contribution in [3.05, 3.63) is 82.7 Å². The third kappa shape index (κ3) is 5.20. The predicted octanol–water partition coefficient (Wildman–Crippen LogP) is 4.06. The molecule has 0 aliphatic heterocycles. The Hall–Kier alpha value is -3.44. The monoisotopic (exact) mass is 494 g/mol. The van der Waals surface area contributed by atoms with Crippen LogP contribution < -0.4 is 4.72 Å². The van der Waals surface area contributed by atoms with Crippen LogP contribution in [-0.4, -0.2) is 38.4 Å². The van der Waals surface area contributed by atoms with Crippen LogP contribution in [0.3, 0.4) is 0 Å². The van der Waals surface area contributed by atoms with Crippen LogP contribution in [0.25, 0.3) is 5.69 Å². The highest BCUT2D eigenvalue weighted by atomic mass is 32.2.